The number of nitrogens with one attached hydrogen (secondary N) is 1. The Morgan fingerprint density at radius 2 is 1.32 bits per heavy atom. The minimum Gasteiger partial charge on any atom is -0.352 e. The first-order chi connectivity index (χ1) is 15.2. The molecular weight excluding hydrogens is 384 g/mol. The van der Waals surface area contributed by atoms with Crippen molar-refractivity contribution in [2.75, 3.05) is 0 Å². The Morgan fingerprint density at radius 1 is 0.774 bits per heavy atom. The van der Waals surface area contributed by atoms with Gasteiger partial charge in [0.2, 0.25) is 5.91 Å². The fraction of sp³-hybridized carbons (Fsp3) is 0.704. The van der Waals surface area contributed by atoms with Crippen LogP contribution in [0.1, 0.15) is 108 Å². The lowest BCUT2D eigenvalue weighted by Gasteiger charge is -2.44. The van der Waals surface area contributed by atoms with Crippen LogP contribution in [-0.4, -0.2) is 34.8 Å². The summed E-state index contributed by atoms with van der Waals surface area (Å²) < 4.78 is 0. The van der Waals surface area contributed by atoms with Gasteiger partial charge < -0.3 is 10.2 Å². The lowest BCUT2D eigenvalue weighted by atomic mass is 9.80. The SMILES string of the molecule is O=C(NC1CCCCC1)C(C1CCCCC1)N(C(=O)c1ccccc1)C1CCCCC1.[HH]. The van der Waals surface area contributed by atoms with Crippen LogP contribution in [0.4, 0.5) is 0 Å². The van der Waals surface area contributed by atoms with Crippen molar-refractivity contribution in [2.24, 2.45) is 5.92 Å². The Morgan fingerprint density at radius 3 is 1.94 bits per heavy atom. The van der Waals surface area contributed by atoms with Crippen molar-refractivity contribution in [1.82, 2.24) is 10.2 Å². The van der Waals surface area contributed by atoms with E-state index in [1.54, 1.807) is 0 Å². The molecule has 0 aliphatic heterocycles. The van der Waals surface area contributed by atoms with Crippen molar-refractivity contribution >= 4 is 11.8 Å². The summed E-state index contributed by atoms with van der Waals surface area (Å²) in [6.45, 7) is 0. The molecule has 31 heavy (non-hydrogen) atoms. The van der Waals surface area contributed by atoms with Crippen molar-refractivity contribution in [3.63, 3.8) is 0 Å². The van der Waals surface area contributed by atoms with Crippen LogP contribution >= 0.6 is 0 Å². The third-order valence-corrected chi connectivity index (χ3v) is 7.84. The van der Waals surface area contributed by atoms with Crippen molar-refractivity contribution < 1.29 is 11.0 Å². The van der Waals surface area contributed by atoms with E-state index in [0.717, 1.165) is 56.9 Å². The first-order valence-electron chi connectivity index (χ1n) is 12.9. The first kappa shape index (κ1) is 22.4. The summed E-state index contributed by atoms with van der Waals surface area (Å²) >= 11 is 0. The number of amides is 2. The number of nitrogens with zero attached hydrogens (tertiary/aromatic N) is 1. The smallest absolute Gasteiger partial charge is 0.254 e. The zero-order chi connectivity index (χ0) is 21.5. The Labute approximate surface area is 189 Å². The van der Waals surface area contributed by atoms with Crippen molar-refractivity contribution in [1.29, 1.82) is 0 Å². The minimum absolute atomic E-state index is 0. The lowest BCUT2D eigenvalue weighted by molar-refractivity contribution is -0.130. The van der Waals surface area contributed by atoms with E-state index in [4.69, 9.17) is 0 Å². The van der Waals surface area contributed by atoms with Crippen LogP contribution in [0.2, 0.25) is 0 Å². The molecule has 1 N–H and O–H groups in total. The predicted molar refractivity (Wildman–Crippen MR) is 127 cm³/mol. The number of carbonyl (C=O) groups excluding carboxylic acids is 2. The molecule has 0 heterocycles. The van der Waals surface area contributed by atoms with Crippen LogP contribution in [0.5, 0.6) is 0 Å². The number of benzene rings is 1. The summed E-state index contributed by atoms with van der Waals surface area (Å²) in [5.74, 6) is 0.461. The second-order valence-electron chi connectivity index (χ2n) is 10.1. The van der Waals surface area contributed by atoms with E-state index in [9.17, 15) is 9.59 Å². The fourth-order valence-electron chi connectivity index (χ4n) is 6.16. The molecule has 0 saturated heterocycles. The maximum absolute atomic E-state index is 13.9. The second kappa shape index (κ2) is 11.2. The summed E-state index contributed by atoms with van der Waals surface area (Å²) in [5, 5.41) is 3.41. The third-order valence-electron chi connectivity index (χ3n) is 7.84. The predicted octanol–water partition coefficient (Wildman–Crippen LogP) is 6.11. The van der Waals surface area contributed by atoms with Gasteiger partial charge in [-0.3, -0.25) is 9.59 Å². The molecular formula is C27H42N2O2. The number of hydrogen-bond donors (Lipinski definition) is 1. The fourth-order valence-corrected chi connectivity index (χ4v) is 6.16. The van der Waals surface area contributed by atoms with E-state index >= 15 is 0 Å². The lowest BCUT2D eigenvalue weighted by Crippen LogP contribution is -2.59. The van der Waals surface area contributed by atoms with Crippen molar-refractivity contribution in [3.8, 4) is 0 Å². The highest BCUT2D eigenvalue weighted by Crippen LogP contribution is 2.34. The Balaban J connectivity index is 0.00000289. The van der Waals surface area contributed by atoms with Gasteiger partial charge in [0.25, 0.3) is 5.91 Å². The maximum Gasteiger partial charge on any atom is 0.254 e. The minimum atomic E-state index is -0.321. The van der Waals surface area contributed by atoms with Gasteiger partial charge in [-0.15, -0.1) is 0 Å². The van der Waals surface area contributed by atoms with E-state index in [-0.39, 0.29) is 37.3 Å². The van der Waals surface area contributed by atoms with Gasteiger partial charge in [-0.05, 0) is 56.6 Å². The zero-order valence-corrected chi connectivity index (χ0v) is 19.1. The molecule has 0 spiro atoms. The van der Waals surface area contributed by atoms with Crippen LogP contribution in [0.15, 0.2) is 30.3 Å². The van der Waals surface area contributed by atoms with Crippen LogP contribution in [0.25, 0.3) is 0 Å². The van der Waals surface area contributed by atoms with Crippen molar-refractivity contribution in [3.05, 3.63) is 35.9 Å². The van der Waals surface area contributed by atoms with Gasteiger partial charge in [0, 0.05) is 19.1 Å². The van der Waals surface area contributed by atoms with Crippen molar-refractivity contribution in [2.45, 2.75) is 114 Å². The standard InChI is InChI=1S/C27H40N2O2.H2/c30-26(28-23-17-9-3-10-18-23)25(21-13-5-1-6-14-21)29(24-19-11-4-12-20-24)27(31)22-15-7-2-8-16-22;/h2,7-8,15-16,21,23-25H,1,3-6,9-14,17-20H2,(H,28,30);1H. The molecule has 1 atom stereocenters. The molecule has 0 aromatic heterocycles. The maximum atomic E-state index is 13.9. The molecule has 4 rings (SSSR count). The Kier molecular flexibility index (Phi) is 8.04. The van der Waals surface area contributed by atoms with Gasteiger partial charge in [-0.25, -0.2) is 0 Å². The Bertz CT molecular complexity index is 708. The van der Waals surface area contributed by atoms with E-state index in [2.05, 4.69) is 10.2 Å². The molecule has 3 aliphatic carbocycles. The van der Waals surface area contributed by atoms with Gasteiger partial charge in [0.15, 0.2) is 0 Å². The van der Waals surface area contributed by atoms with Gasteiger partial charge in [-0.2, -0.15) is 0 Å². The van der Waals surface area contributed by atoms with Gasteiger partial charge in [0.1, 0.15) is 6.04 Å². The molecule has 0 bridgehead atoms. The highest BCUT2D eigenvalue weighted by atomic mass is 16.2. The molecule has 3 fully saturated rings. The summed E-state index contributed by atoms with van der Waals surface area (Å²) in [4.78, 5) is 29.8. The normalized spacial score (nSPS) is 22.6. The summed E-state index contributed by atoms with van der Waals surface area (Å²) in [5.41, 5.74) is 0.722. The van der Waals surface area contributed by atoms with Crippen LogP contribution in [-0.2, 0) is 4.79 Å². The molecule has 4 heteroatoms. The quantitative estimate of drug-likeness (QED) is 0.597. The molecule has 1 aromatic carbocycles. The molecule has 1 unspecified atom stereocenters. The number of carbonyl (C=O) groups is 2. The highest BCUT2D eigenvalue weighted by Gasteiger charge is 2.41. The molecule has 3 aliphatic rings. The van der Waals surface area contributed by atoms with Crippen LogP contribution in [0.3, 0.4) is 0 Å². The van der Waals surface area contributed by atoms with Crippen LogP contribution < -0.4 is 5.32 Å². The van der Waals surface area contributed by atoms with Gasteiger partial charge >= 0.3 is 0 Å². The van der Waals surface area contributed by atoms with E-state index in [0.29, 0.717) is 0 Å². The molecule has 2 amide bonds. The summed E-state index contributed by atoms with van der Waals surface area (Å²) in [6.07, 6.45) is 17.2. The molecule has 3 saturated carbocycles. The monoisotopic (exact) mass is 426 g/mol. The molecule has 4 nitrogen and oxygen atoms in total. The Hall–Kier alpha value is -1.84. The number of rotatable bonds is 6. The molecule has 0 radical (unpaired) electrons. The molecule has 172 valence electrons. The van der Waals surface area contributed by atoms with Crippen LogP contribution in [0, 0.1) is 5.92 Å². The topological polar surface area (TPSA) is 49.4 Å². The zero-order valence-electron chi connectivity index (χ0n) is 19.1. The highest BCUT2D eigenvalue weighted by molar-refractivity contribution is 5.98. The second-order valence-corrected chi connectivity index (χ2v) is 10.1. The summed E-state index contributed by atoms with van der Waals surface area (Å²) in [7, 11) is 0. The molecule has 1 aromatic rings. The van der Waals surface area contributed by atoms with Gasteiger partial charge in [0.05, 0.1) is 0 Å². The first-order valence-corrected chi connectivity index (χ1v) is 12.9. The van der Waals surface area contributed by atoms with E-state index < -0.39 is 0 Å². The third kappa shape index (κ3) is 5.70. The summed E-state index contributed by atoms with van der Waals surface area (Å²) in [6, 6.07) is 9.80. The largest absolute Gasteiger partial charge is 0.352 e. The van der Waals surface area contributed by atoms with E-state index in [1.165, 1.54) is 44.9 Å². The average molecular weight is 427 g/mol. The van der Waals surface area contributed by atoms with Gasteiger partial charge in [-0.1, -0.05) is 76.0 Å². The van der Waals surface area contributed by atoms with E-state index in [1.807, 2.05) is 30.3 Å². The number of hydrogen-bond acceptors (Lipinski definition) is 2. The average Bonchev–Trinajstić information content (AvgIpc) is 2.84.